The second-order valence-electron chi connectivity index (χ2n) is 5.80. The summed E-state index contributed by atoms with van der Waals surface area (Å²) in [4.78, 5) is 11.5. The first-order valence-corrected chi connectivity index (χ1v) is 8.31. The van der Waals surface area contributed by atoms with Crippen molar-refractivity contribution < 1.29 is 14.6 Å². The number of hydrogen-bond donors (Lipinski definition) is 1. The van der Waals surface area contributed by atoms with E-state index in [1.165, 1.54) is 38.0 Å². The Balaban J connectivity index is 2.23. The van der Waals surface area contributed by atoms with Crippen LogP contribution in [0.5, 0.6) is 11.5 Å². The maximum absolute atomic E-state index is 11.5. The number of rotatable bonds is 8. The normalized spacial score (nSPS) is 11.3. The third-order valence-corrected chi connectivity index (χ3v) is 4.01. The fourth-order valence-corrected chi connectivity index (χ4v) is 2.61. The highest BCUT2D eigenvalue weighted by Crippen LogP contribution is 2.27. The smallest absolute Gasteiger partial charge is 0.150 e. The topological polar surface area (TPSA) is 46.5 Å². The van der Waals surface area contributed by atoms with Crippen LogP contribution in [0.4, 0.5) is 0 Å². The molecule has 0 spiro atoms. The maximum Gasteiger partial charge on any atom is 0.150 e. The quantitative estimate of drug-likeness (QED) is 0.326. The van der Waals surface area contributed by atoms with Gasteiger partial charge in [-0.2, -0.15) is 0 Å². The van der Waals surface area contributed by atoms with Gasteiger partial charge in [0.1, 0.15) is 11.5 Å². The molecular formula is C21H24O3. The van der Waals surface area contributed by atoms with Crippen LogP contribution < -0.4 is 4.74 Å². The third-order valence-electron chi connectivity index (χ3n) is 4.01. The van der Waals surface area contributed by atoms with Gasteiger partial charge >= 0.3 is 0 Å². The molecule has 0 saturated carbocycles. The minimum Gasteiger partial charge on any atom is -0.508 e. The van der Waals surface area contributed by atoms with E-state index >= 15 is 0 Å². The number of methoxy groups -OCH3 is 1. The summed E-state index contributed by atoms with van der Waals surface area (Å²) in [5, 5.41) is 9.53. The highest BCUT2D eigenvalue weighted by atomic mass is 16.5. The highest BCUT2D eigenvalue weighted by Gasteiger charge is 2.06. The molecule has 0 amide bonds. The Morgan fingerprint density at radius 3 is 2.50 bits per heavy atom. The molecule has 126 valence electrons. The highest BCUT2D eigenvalue weighted by molar-refractivity contribution is 6.13. The number of ether oxygens (including phenoxy) is 1. The molecule has 24 heavy (non-hydrogen) atoms. The van der Waals surface area contributed by atoms with Gasteiger partial charge in [-0.15, -0.1) is 0 Å². The average molecular weight is 324 g/mol. The molecule has 0 aromatic heterocycles. The van der Waals surface area contributed by atoms with Gasteiger partial charge < -0.3 is 9.84 Å². The van der Waals surface area contributed by atoms with Crippen LogP contribution in [0.2, 0.25) is 0 Å². The van der Waals surface area contributed by atoms with E-state index in [0.717, 1.165) is 23.8 Å². The van der Waals surface area contributed by atoms with Gasteiger partial charge in [-0.05, 0) is 42.2 Å². The minimum absolute atomic E-state index is 0.132. The van der Waals surface area contributed by atoms with E-state index in [1.54, 1.807) is 18.2 Å². The van der Waals surface area contributed by atoms with E-state index in [2.05, 4.69) is 19.1 Å². The van der Waals surface area contributed by atoms with Crippen molar-refractivity contribution >= 4 is 17.9 Å². The van der Waals surface area contributed by atoms with E-state index in [0.29, 0.717) is 11.3 Å². The fraction of sp³-hybridized carbons (Fsp3) is 0.286. The lowest BCUT2D eigenvalue weighted by Crippen LogP contribution is -1.91. The summed E-state index contributed by atoms with van der Waals surface area (Å²) < 4.78 is 5.26. The molecule has 2 rings (SSSR count). The molecule has 3 heteroatoms. The largest absolute Gasteiger partial charge is 0.508 e. The van der Waals surface area contributed by atoms with Gasteiger partial charge in [0, 0.05) is 17.2 Å². The summed E-state index contributed by atoms with van der Waals surface area (Å²) >= 11 is 0. The summed E-state index contributed by atoms with van der Waals surface area (Å²) in [6.07, 6.45) is 7.33. The zero-order chi connectivity index (χ0) is 17.4. The van der Waals surface area contributed by atoms with Gasteiger partial charge in [-0.25, -0.2) is 0 Å². The molecule has 0 aliphatic carbocycles. The molecule has 0 aliphatic heterocycles. The molecular weight excluding hydrogens is 300 g/mol. The number of phenolic OH excluding ortho intramolecular Hbond substituents is 1. The number of aromatic hydroxyl groups is 1. The molecule has 0 bridgehead atoms. The van der Waals surface area contributed by atoms with E-state index in [4.69, 9.17) is 4.74 Å². The van der Waals surface area contributed by atoms with Crippen LogP contribution in [0.3, 0.4) is 0 Å². The molecule has 0 unspecified atom stereocenters. The van der Waals surface area contributed by atoms with Crippen molar-refractivity contribution in [2.45, 2.75) is 32.6 Å². The molecule has 0 heterocycles. The predicted molar refractivity (Wildman–Crippen MR) is 98.3 cm³/mol. The average Bonchev–Trinajstić information content (AvgIpc) is 2.61. The lowest BCUT2D eigenvalue weighted by Gasteiger charge is -2.08. The maximum atomic E-state index is 11.5. The Bertz CT molecular complexity index is 700. The zero-order valence-corrected chi connectivity index (χ0v) is 14.3. The van der Waals surface area contributed by atoms with Gasteiger partial charge in [-0.3, -0.25) is 4.79 Å². The number of aryl methyl sites for hydroxylation is 1. The van der Waals surface area contributed by atoms with Crippen LogP contribution in [0.1, 0.15) is 42.9 Å². The lowest BCUT2D eigenvalue weighted by atomic mass is 10.00. The first kappa shape index (κ1) is 17.8. The molecule has 2 aromatic rings. The molecule has 0 atom stereocenters. The summed E-state index contributed by atoms with van der Waals surface area (Å²) in [7, 11) is 1.54. The van der Waals surface area contributed by atoms with Gasteiger partial charge in [-0.1, -0.05) is 44.0 Å². The first-order chi connectivity index (χ1) is 11.7. The first-order valence-electron chi connectivity index (χ1n) is 8.31. The van der Waals surface area contributed by atoms with Crippen molar-refractivity contribution in [1.29, 1.82) is 0 Å². The Hall–Kier alpha value is -2.55. The molecule has 0 radical (unpaired) electrons. The van der Waals surface area contributed by atoms with Crippen molar-refractivity contribution in [3.8, 4) is 11.5 Å². The number of phenols is 1. The summed E-state index contributed by atoms with van der Waals surface area (Å²) in [5.74, 6) is 0.665. The monoisotopic (exact) mass is 324 g/mol. The van der Waals surface area contributed by atoms with Crippen molar-refractivity contribution in [2.75, 3.05) is 7.11 Å². The second-order valence-corrected chi connectivity index (χ2v) is 5.80. The van der Waals surface area contributed by atoms with Crippen LogP contribution in [0.15, 0.2) is 42.5 Å². The summed E-state index contributed by atoms with van der Waals surface area (Å²) in [6.45, 7) is 2.20. The number of carbonyl (C=O) groups is 1. The van der Waals surface area contributed by atoms with Gasteiger partial charge in [0.2, 0.25) is 0 Å². The summed E-state index contributed by atoms with van der Waals surface area (Å²) in [6, 6.07) is 13.0. The number of aldehydes is 1. The molecule has 2 aromatic carbocycles. The molecule has 0 fully saturated rings. The van der Waals surface area contributed by atoms with Crippen LogP contribution in [0, 0.1) is 0 Å². The number of hydrogen-bond acceptors (Lipinski definition) is 3. The number of allylic oxidation sites excluding steroid dienone is 1. The molecule has 0 saturated heterocycles. The van der Waals surface area contributed by atoms with Gasteiger partial charge in [0.15, 0.2) is 6.29 Å². The van der Waals surface area contributed by atoms with Crippen LogP contribution in [0.25, 0.3) is 11.6 Å². The second kappa shape index (κ2) is 8.92. The number of benzene rings is 2. The molecule has 3 nitrogen and oxygen atoms in total. The van der Waals surface area contributed by atoms with Crippen molar-refractivity contribution in [3.05, 3.63) is 59.2 Å². The molecule has 1 N–H and O–H groups in total. The van der Waals surface area contributed by atoms with Crippen LogP contribution in [-0.2, 0) is 11.2 Å². The van der Waals surface area contributed by atoms with E-state index < -0.39 is 0 Å². The van der Waals surface area contributed by atoms with Gasteiger partial charge in [0.25, 0.3) is 0 Å². The SMILES string of the molecule is CCCCCc1ccc(/C(C=O)=C/c2ccc(O)cc2OC)cc1. The van der Waals surface area contributed by atoms with Gasteiger partial charge in [0.05, 0.1) is 7.11 Å². The summed E-state index contributed by atoms with van der Waals surface area (Å²) in [5.41, 5.74) is 3.50. The van der Waals surface area contributed by atoms with Crippen molar-refractivity contribution in [1.82, 2.24) is 0 Å². The Morgan fingerprint density at radius 1 is 1.12 bits per heavy atom. The standard InChI is InChI=1S/C21H24O3/c1-3-4-5-6-16-7-9-17(10-8-16)19(15-22)13-18-11-12-20(23)14-21(18)24-2/h7-15,23H,3-6H2,1-2H3/b19-13+. The van der Waals surface area contributed by atoms with E-state index in [-0.39, 0.29) is 5.75 Å². The predicted octanol–water partition coefficient (Wildman–Crippen LogP) is 4.87. The number of carbonyl (C=O) groups excluding carboxylic acids is 1. The fourth-order valence-electron chi connectivity index (χ4n) is 2.61. The van der Waals surface area contributed by atoms with Crippen molar-refractivity contribution in [3.63, 3.8) is 0 Å². The Kier molecular flexibility index (Phi) is 6.62. The van der Waals surface area contributed by atoms with Crippen molar-refractivity contribution in [2.24, 2.45) is 0 Å². The molecule has 0 aliphatic rings. The van der Waals surface area contributed by atoms with Crippen LogP contribution in [-0.4, -0.2) is 18.5 Å². The minimum atomic E-state index is 0.132. The lowest BCUT2D eigenvalue weighted by molar-refractivity contribution is -0.103. The number of unbranched alkanes of at least 4 members (excludes halogenated alkanes) is 2. The third kappa shape index (κ3) is 4.72. The Morgan fingerprint density at radius 2 is 1.88 bits per heavy atom. The van der Waals surface area contributed by atoms with E-state index in [9.17, 15) is 9.90 Å². The Labute approximate surface area is 143 Å². The van der Waals surface area contributed by atoms with Crippen LogP contribution >= 0.6 is 0 Å². The zero-order valence-electron chi connectivity index (χ0n) is 14.3. The van der Waals surface area contributed by atoms with E-state index in [1.807, 2.05) is 12.1 Å².